The fourth-order valence-electron chi connectivity index (χ4n) is 4.82. The Morgan fingerprint density at radius 3 is 2.31 bits per heavy atom. The number of hydrogen-bond acceptors (Lipinski definition) is 5. The molecule has 2 atom stereocenters. The third kappa shape index (κ3) is 5.25. The van der Waals surface area contributed by atoms with E-state index in [0.717, 1.165) is 38.8 Å². The molecule has 0 spiro atoms. The van der Waals surface area contributed by atoms with Gasteiger partial charge in [-0.15, -0.1) is 11.3 Å². The molecule has 2 saturated heterocycles. The normalized spacial score (nSPS) is 20.5. The molecule has 4 rings (SSSR count). The molecule has 0 aliphatic carbocycles. The summed E-state index contributed by atoms with van der Waals surface area (Å²) < 4.78 is 27.9. The Morgan fingerprint density at radius 1 is 0.969 bits per heavy atom. The van der Waals surface area contributed by atoms with Crippen LogP contribution in [0.4, 0.5) is 0 Å². The van der Waals surface area contributed by atoms with Gasteiger partial charge in [-0.05, 0) is 75.3 Å². The van der Waals surface area contributed by atoms with E-state index >= 15 is 0 Å². The topological polar surface area (TPSA) is 69.7 Å². The zero-order chi connectivity index (χ0) is 22.6. The molecule has 3 heterocycles. The van der Waals surface area contributed by atoms with Crippen molar-refractivity contribution in [2.75, 3.05) is 26.2 Å². The van der Waals surface area contributed by atoms with Gasteiger partial charge in [0.2, 0.25) is 10.0 Å². The largest absolute Gasteiger partial charge is 0.348 e. The van der Waals surface area contributed by atoms with Crippen LogP contribution in [0, 0.1) is 0 Å². The number of benzene rings is 1. The summed E-state index contributed by atoms with van der Waals surface area (Å²) >= 11 is 1.71. The van der Waals surface area contributed by atoms with Crippen LogP contribution < -0.4 is 5.32 Å². The molecule has 1 aromatic carbocycles. The van der Waals surface area contributed by atoms with Crippen molar-refractivity contribution in [1.29, 1.82) is 0 Å². The van der Waals surface area contributed by atoms with Crippen molar-refractivity contribution in [2.24, 2.45) is 0 Å². The molecule has 32 heavy (non-hydrogen) atoms. The van der Waals surface area contributed by atoms with E-state index in [-0.39, 0.29) is 22.9 Å². The summed E-state index contributed by atoms with van der Waals surface area (Å²) in [7, 11) is -3.59. The molecule has 6 nitrogen and oxygen atoms in total. The molecule has 1 amide bonds. The third-order valence-corrected chi connectivity index (χ3v) is 9.34. The quantitative estimate of drug-likeness (QED) is 0.649. The minimum atomic E-state index is -3.59. The number of carbonyl (C=O) groups is 1. The van der Waals surface area contributed by atoms with E-state index in [4.69, 9.17) is 0 Å². The standard InChI is InChI=1S/C24H33N3O3S2/c1-19(23(22-12-9-17-31-22)26-13-6-7-14-26)25-24(28)20-10-8-11-21(18-20)32(29,30)27-15-4-2-3-5-16-27/h8-12,17-19,23H,2-7,13-16H2,1H3,(H,25,28)/t19-,23+/m0/s1. The molecule has 2 aromatic rings. The van der Waals surface area contributed by atoms with Crippen LogP contribution in [0.5, 0.6) is 0 Å². The summed E-state index contributed by atoms with van der Waals surface area (Å²) in [5.41, 5.74) is 0.388. The van der Waals surface area contributed by atoms with Crippen LogP contribution in [0.25, 0.3) is 0 Å². The van der Waals surface area contributed by atoms with Gasteiger partial charge in [0.15, 0.2) is 0 Å². The highest BCUT2D eigenvalue weighted by Gasteiger charge is 2.31. The Labute approximate surface area is 195 Å². The van der Waals surface area contributed by atoms with E-state index < -0.39 is 10.0 Å². The van der Waals surface area contributed by atoms with Gasteiger partial charge in [0, 0.05) is 29.6 Å². The monoisotopic (exact) mass is 475 g/mol. The first-order valence-corrected chi connectivity index (χ1v) is 14.0. The Bertz CT molecular complexity index is 993. The Balaban J connectivity index is 1.50. The number of hydrogen-bond donors (Lipinski definition) is 1. The first kappa shape index (κ1) is 23.4. The molecule has 0 radical (unpaired) electrons. The molecular weight excluding hydrogens is 442 g/mol. The molecule has 1 N–H and O–H groups in total. The second kappa shape index (κ2) is 10.5. The van der Waals surface area contributed by atoms with Crippen LogP contribution in [-0.2, 0) is 10.0 Å². The van der Waals surface area contributed by atoms with E-state index in [2.05, 4.69) is 27.7 Å². The second-order valence-corrected chi connectivity index (χ2v) is 11.7. The van der Waals surface area contributed by atoms with Gasteiger partial charge in [0.25, 0.3) is 5.91 Å². The van der Waals surface area contributed by atoms with E-state index in [0.29, 0.717) is 18.7 Å². The number of carbonyl (C=O) groups excluding carboxylic acids is 1. The molecule has 0 bridgehead atoms. The summed E-state index contributed by atoms with van der Waals surface area (Å²) in [6.07, 6.45) is 6.26. The lowest BCUT2D eigenvalue weighted by Gasteiger charge is -2.32. The maximum Gasteiger partial charge on any atom is 0.251 e. The average Bonchev–Trinajstić information content (AvgIpc) is 3.44. The molecule has 2 fully saturated rings. The highest BCUT2D eigenvalue weighted by atomic mass is 32.2. The molecule has 2 aliphatic rings. The number of sulfonamides is 1. The Morgan fingerprint density at radius 2 is 1.66 bits per heavy atom. The maximum atomic E-state index is 13.2. The third-order valence-electron chi connectivity index (χ3n) is 6.50. The predicted molar refractivity (Wildman–Crippen MR) is 128 cm³/mol. The Hall–Kier alpha value is -1.74. The minimum Gasteiger partial charge on any atom is -0.348 e. The first-order chi connectivity index (χ1) is 15.5. The van der Waals surface area contributed by atoms with Crippen LogP contribution in [0.2, 0.25) is 0 Å². The number of amides is 1. The van der Waals surface area contributed by atoms with E-state index in [1.807, 2.05) is 6.92 Å². The summed E-state index contributed by atoms with van der Waals surface area (Å²) in [6.45, 7) is 5.21. The summed E-state index contributed by atoms with van der Waals surface area (Å²) in [4.78, 5) is 17.0. The van der Waals surface area contributed by atoms with Crippen molar-refractivity contribution in [3.63, 3.8) is 0 Å². The van der Waals surface area contributed by atoms with Crippen LogP contribution in [-0.4, -0.2) is 55.8 Å². The molecule has 1 aromatic heterocycles. The smallest absolute Gasteiger partial charge is 0.251 e. The average molecular weight is 476 g/mol. The summed E-state index contributed by atoms with van der Waals surface area (Å²) in [6, 6.07) is 10.7. The number of thiophene rings is 1. The first-order valence-electron chi connectivity index (χ1n) is 11.7. The SMILES string of the molecule is C[C@H](NC(=O)c1cccc(S(=O)(=O)N2CCCCCC2)c1)[C@H](c1cccs1)N1CCCC1. The van der Waals surface area contributed by atoms with Crippen LogP contribution >= 0.6 is 11.3 Å². The van der Waals surface area contributed by atoms with Crippen molar-refractivity contribution < 1.29 is 13.2 Å². The van der Waals surface area contributed by atoms with Gasteiger partial charge in [0.05, 0.1) is 10.9 Å². The van der Waals surface area contributed by atoms with Gasteiger partial charge in [-0.2, -0.15) is 4.31 Å². The zero-order valence-electron chi connectivity index (χ0n) is 18.7. The van der Waals surface area contributed by atoms with E-state index in [1.165, 1.54) is 23.8 Å². The molecule has 0 saturated carbocycles. The lowest BCUT2D eigenvalue weighted by atomic mass is 10.1. The number of nitrogens with one attached hydrogen (secondary N) is 1. The molecular formula is C24H33N3O3S2. The Kier molecular flexibility index (Phi) is 7.66. The van der Waals surface area contributed by atoms with Gasteiger partial charge in [-0.3, -0.25) is 9.69 Å². The van der Waals surface area contributed by atoms with Crippen LogP contribution in [0.1, 0.15) is 66.7 Å². The molecule has 8 heteroatoms. The predicted octanol–water partition coefficient (Wildman–Crippen LogP) is 4.27. The maximum absolute atomic E-state index is 13.2. The lowest BCUT2D eigenvalue weighted by molar-refractivity contribution is 0.0907. The highest BCUT2D eigenvalue weighted by molar-refractivity contribution is 7.89. The van der Waals surface area contributed by atoms with E-state index in [9.17, 15) is 13.2 Å². The molecule has 0 unspecified atom stereocenters. The lowest BCUT2D eigenvalue weighted by Crippen LogP contribution is -2.43. The fourth-order valence-corrected chi connectivity index (χ4v) is 7.35. The van der Waals surface area contributed by atoms with Crippen LogP contribution in [0.15, 0.2) is 46.7 Å². The van der Waals surface area contributed by atoms with Gasteiger partial charge in [-0.1, -0.05) is 25.0 Å². The van der Waals surface area contributed by atoms with Crippen molar-refractivity contribution in [2.45, 2.75) is 62.4 Å². The fraction of sp³-hybridized carbons (Fsp3) is 0.542. The van der Waals surface area contributed by atoms with Crippen molar-refractivity contribution in [1.82, 2.24) is 14.5 Å². The molecule has 174 valence electrons. The second-order valence-electron chi connectivity index (χ2n) is 8.81. The summed E-state index contributed by atoms with van der Waals surface area (Å²) in [5.74, 6) is -0.230. The van der Waals surface area contributed by atoms with Crippen molar-refractivity contribution >= 4 is 27.3 Å². The van der Waals surface area contributed by atoms with Crippen LogP contribution in [0.3, 0.4) is 0 Å². The van der Waals surface area contributed by atoms with Gasteiger partial charge in [-0.25, -0.2) is 8.42 Å². The molecule has 2 aliphatic heterocycles. The van der Waals surface area contributed by atoms with Gasteiger partial charge >= 0.3 is 0 Å². The van der Waals surface area contributed by atoms with Gasteiger partial charge in [0.1, 0.15) is 0 Å². The highest BCUT2D eigenvalue weighted by Crippen LogP contribution is 2.31. The van der Waals surface area contributed by atoms with Crippen molar-refractivity contribution in [3.8, 4) is 0 Å². The summed E-state index contributed by atoms with van der Waals surface area (Å²) in [5, 5.41) is 5.22. The van der Waals surface area contributed by atoms with E-state index in [1.54, 1.807) is 33.8 Å². The zero-order valence-corrected chi connectivity index (χ0v) is 20.3. The van der Waals surface area contributed by atoms with Gasteiger partial charge < -0.3 is 5.32 Å². The number of likely N-dealkylation sites (tertiary alicyclic amines) is 1. The number of nitrogens with zero attached hydrogens (tertiary/aromatic N) is 2. The van der Waals surface area contributed by atoms with Crippen molar-refractivity contribution in [3.05, 3.63) is 52.2 Å². The minimum absolute atomic E-state index is 0.0925. The number of rotatable bonds is 7.